The number of methoxy groups -OCH3 is 1. The third-order valence-corrected chi connectivity index (χ3v) is 8.06. The minimum absolute atomic E-state index is 0.0699. The van der Waals surface area contributed by atoms with Gasteiger partial charge in [-0.25, -0.2) is 8.42 Å². The van der Waals surface area contributed by atoms with Crippen molar-refractivity contribution in [1.82, 2.24) is 10.2 Å². The summed E-state index contributed by atoms with van der Waals surface area (Å²) >= 11 is 0. The lowest BCUT2D eigenvalue weighted by atomic mass is 10.1. The Morgan fingerprint density at radius 1 is 0.923 bits per heavy atom. The van der Waals surface area contributed by atoms with Gasteiger partial charge in [-0.15, -0.1) is 0 Å². The summed E-state index contributed by atoms with van der Waals surface area (Å²) < 4.78 is 33.9. The van der Waals surface area contributed by atoms with Crippen molar-refractivity contribution in [1.29, 1.82) is 0 Å². The zero-order valence-corrected chi connectivity index (χ0v) is 23.9. The minimum atomic E-state index is -4.08. The van der Waals surface area contributed by atoms with Crippen LogP contribution in [-0.4, -0.2) is 51.4 Å². The number of hydrogen-bond donors (Lipinski definition) is 1. The summed E-state index contributed by atoms with van der Waals surface area (Å²) in [7, 11) is -2.53. The number of nitrogens with one attached hydrogen (secondary N) is 1. The lowest BCUT2D eigenvalue weighted by molar-refractivity contribution is -0.139. The second-order valence-corrected chi connectivity index (χ2v) is 11.7. The van der Waals surface area contributed by atoms with E-state index in [1.807, 2.05) is 26.8 Å². The largest absolute Gasteiger partial charge is 0.497 e. The number of sulfonamides is 1. The Hall–Kier alpha value is -3.85. The van der Waals surface area contributed by atoms with Gasteiger partial charge in [-0.05, 0) is 61.7 Å². The molecule has 3 rings (SSSR count). The van der Waals surface area contributed by atoms with E-state index < -0.39 is 28.5 Å². The number of rotatable bonds is 12. The summed E-state index contributed by atoms with van der Waals surface area (Å²) in [6.07, 6.45) is 0. The third kappa shape index (κ3) is 7.83. The lowest BCUT2D eigenvalue weighted by Gasteiger charge is -2.32. The number of amides is 2. The molecule has 0 saturated carbocycles. The molecule has 8 nitrogen and oxygen atoms in total. The maximum atomic E-state index is 13.9. The zero-order valence-electron chi connectivity index (χ0n) is 23.1. The number of benzene rings is 3. The van der Waals surface area contributed by atoms with E-state index in [1.54, 1.807) is 74.7 Å². The molecule has 1 atom stereocenters. The standard InChI is InChI=1S/C30H37N3O5S/c1-22(2)19-31-30(35)24(4)32(20-25-10-9-11-27(18-25)38-5)29(34)21-33(26-16-14-23(3)15-17-26)39(36,37)28-12-7-6-8-13-28/h6-18,22,24H,19-21H2,1-5H3,(H,31,35)/t24-/m1/s1. The highest BCUT2D eigenvalue weighted by molar-refractivity contribution is 7.92. The van der Waals surface area contributed by atoms with Crippen LogP contribution in [0.5, 0.6) is 5.75 Å². The molecule has 2 amide bonds. The molecule has 0 aliphatic heterocycles. The molecular formula is C30H37N3O5S. The molecule has 0 fully saturated rings. The van der Waals surface area contributed by atoms with Gasteiger partial charge in [-0.3, -0.25) is 13.9 Å². The summed E-state index contributed by atoms with van der Waals surface area (Å²) in [5.74, 6) is 0.0272. The normalized spacial score (nSPS) is 12.1. The summed E-state index contributed by atoms with van der Waals surface area (Å²) in [5, 5.41) is 2.88. The first-order chi connectivity index (χ1) is 18.5. The molecule has 0 spiro atoms. The highest BCUT2D eigenvalue weighted by atomic mass is 32.2. The third-order valence-electron chi connectivity index (χ3n) is 6.27. The van der Waals surface area contributed by atoms with Gasteiger partial charge in [0, 0.05) is 13.1 Å². The van der Waals surface area contributed by atoms with Crippen LogP contribution in [0.3, 0.4) is 0 Å². The Morgan fingerprint density at radius 3 is 2.21 bits per heavy atom. The number of aryl methyl sites for hydroxylation is 1. The second-order valence-electron chi connectivity index (χ2n) is 9.85. The molecule has 0 aliphatic carbocycles. The van der Waals surface area contributed by atoms with E-state index in [-0.39, 0.29) is 23.3 Å². The van der Waals surface area contributed by atoms with Gasteiger partial charge in [0.05, 0.1) is 17.7 Å². The van der Waals surface area contributed by atoms with Gasteiger partial charge in [0.2, 0.25) is 11.8 Å². The number of carbonyl (C=O) groups is 2. The van der Waals surface area contributed by atoms with Crippen molar-refractivity contribution in [3.63, 3.8) is 0 Å². The molecule has 3 aromatic carbocycles. The highest BCUT2D eigenvalue weighted by Gasteiger charge is 2.32. The van der Waals surface area contributed by atoms with Crippen LogP contribution >= 0.6 is 0 Å². The molecule has 3 aromatic rings. The van der Waals surface area contributed by atoms with Crippen molar-refractivity contribution in [3.8, 4) is 5.75 Å². The van der Waals surface area contributed by atoms with Crippen LogP contribution in [0.15, 0.2) is 83.8 Å². The Balaban J connectivity index is 2.00. The fourth-order valence-corrected chi connectivity index (χ4v) is 5.40. The Bertz CT molecular complexity index is 1360. The highest BCUT2D eigenvalue weighted by Crippen LogP contribution is 2.25. The topological polar surface area (TPSA) is 96.0 Å². The molecule has 9 heteroatoms. The summed E-state index contributed by atoms with van der Waals surface area (Å²) in [5.41, 5.74) is 2.06. The van der Waals surface area contributed by atoms with E-state index in [0.29, 0.717) is 18.0 Å². The van der Waals surface area contributed by atoms with Crippen LogP contribution in [-0.2, 0) is 26.2 Å². The molecule has 1 N–H and O–H groups in total. The van der Waals surface area contributed by atoms with Crippen molar-refractivity contribution >= 4 is 27.5 Å². The minimum Gasteiger partial charge on any atom is -0.497 e. The van der Waals surface area contributed by atoms with E-state index in [4.69, 9.17) is 4.74 Å². The molecule has 208 valence electrons. The van der Waals surface area contributed by atoms with Crippen molar-refractivity contribution in [2.75, 3.05) is 24.5 Å². The van der Waals surface area contributed by atoms with Gasteiger partial charge in [-0.1, -0.05) is 61.9 Å². The van der Waals surface area contributed by atoms with Crippen LogP contribution < -0.4 is 14.4 Å². The van der Waals surface area contributed by atoms with Gasteiger partial charge in [0.1, 0.15) is 18.3 Å². The second kappa shape index (κ2) is 13.3. The summed E-state index contributed by atoms with van der Waals surface area (Å²) in [4.78, 5) is 28.5. The molecule has 0 aromatic heterocycles. The van der Waals surface area contributed by atoms with Crippen LogP contribution in [0.1, 0.15) is 31.9 Å². The molecular weight excluding hydrogens is 514 g/mol. The van der Waals surface area contributed by atoms with Crippen molar-refractivity contribution in [2.45, 2.75) is 45.2 Å². The Labute approximate surface area is 231 Å². The van der Waals surface area contributed by atoms with Crippen LogP contribution in [0.4, 0.5) is 5.69 Å². The quantitative estimate of drug-likeness (QED) is 0.360. The first kappa shape index (κ1) is 29.7. The van der Waals surface area contributed by atoms with Gasteiger partial charge < -0.3 is 15.0 Å². The average molecular weight is 552 g/mol. The predicted octanol–water partition coefficient (Wildman–Crippen LogP) is 4.39. The number of hydrogen-bond acceptors (Lipinski definition) is 5. The van der Waals surface area contributed by atoms with E-state index in [0.717, 1.165) is 15.4 Å². The zero-order chi connectivity index (χ0) is 28.6. The van der Waals surface area contributed by atoms with Gasteiger partial charge in [-0.2, -0.15) is 0 Å². The van der Waals surface area contributed by atoms with Gasteiger partial charge in [0.25, 0.3) is 10.0 Å². The molecule has 0 aliphatic rings. The van der Waals surface area contributed by atoms with Gasteiger partial charge in [0.15, 0.2) is 0 Å². The first-order valence-corrected chi connectivity index (χ1v) is 14.3. The SMILES string of the molecule is COc1cccc(CN(C(=O)CN(c2ccc(C)cc2)S(=O)(=O)c2ccccc2)[C@H](C)C(=O)NCC(C)C)c1. The number of carbonyl (C=O) groups excluding carboxylic acids is 2. The lowest BCUT2D eigenvalue weighted by Crippen LogP contribution is -2.51. The van der Waals surface area contributed by atoms with Crippen molar-refractivity contribution in [2.24, 2.45) is 5.92 Å². The summed E-state index contributed by atoms with van der Waals surface area (Å²) in [6.45, 7) is 7.59. The average Bonchev–Trinajstić information content (AvgIpc) is 2.93. The molecule has 0 bridgehead atoms. The molecule has 0 saturated heterocycles. The molecule has 0 heterocycles. The maximum Gasteiger partial charge on any atom is 0.264 e. The number of anilines is 1. The summed E-state index contributed by atoms with van der Waals surface area (Å²) in [6, 6.07) is 21.3. The fraction of sp³-hybridized carbons (Fsp3) is 0.333. The van der Waals surface area contributed by atoms with E-state index in [1.165, 1.54) is 17.0 Å². The van der Waals surface area contributed by atoms with Crippen LogP contribution in [0.2, 0.25) is 0 Å². The van der Waals surface area contributed by atoms with E-state index >= 15 is 0 Å². The van der Waals surface area contributed by atoms with Crippen molar-refractivity contribution < 1.29 is 22.7 Å². The maximum absolute atomic E-state index is 13.9. The predicted molar refractivity (Wildman–Crippen MR) is 153 cm³/mol. The van der Waals surface area contributed by atoms with Gasteiger partial charge >= 0.3 is 0 Å². The Kier molecular flexibility index (Phi) is 10.1. The van der Waals surface area contributed by atoms with E-state index in [2.05, 4.69) is 5.32 Å². The molecule has 0 radical (unpaired) electrons. The first-order valence-electron chi connectivity index (χ1n) is 12.9. The monoisotopic (exact) mass is 551 g/mol. The smallest absolute Gasteiger partial charge is 0.264 e. The Morgan fingerprint density at radius 2 is 1.59 bits per heavy atom. The van der Waals surface area contributed by atoms with Crippen LogP contribution in [0, 0.1) is 12.8 Å². The van der Waals surface area contributed by atoms with Crippen LogP contribution in [0.25, 0.3) is 0 Å². The molecule has 39 heavy (non-hydrogen) atoms. The van der Waals surface area contributed by atoms with Crippen molar-refractivity contribution in [3.05, 3.63) is 90.0 Å². The molecule has 0 unspecified atom stereocenters. The van der Waals surface area contributed by atoms with E-state index in [9.17, 15) is 18.0 Å². The number of nitrogens with zero attached hydrogens (tertiary/aromatic N) is 2. The number of ether oxygens (including phenoxy) is 1. The fourth-order valence-electron chi connectivity index (χ4n) is 3.96.